The third-order valence-corrected chi connectivity index (χ3v) is 8.17. The molecule has 2 heterocycles. The summed E-state index contributed by atoms with van der Waals surface area (Å²) in [5, 5.41) is 22.8. The van der Waals surface area contributed by atoms with Crippen molar-refractivity contribution in [3.8, 4) is 0 Å². The van der Waals surface area contributed by atoms with Gasteiger partial charge in [-0.05, 0) is 12.2 Å². The lowest BCUT2D eigenvalue weighted by Crippen LogP contribution is -2.50. The molecule has 4 rings (SSSR count). The van der Waals surface area contributed by atoms with Crippen LogP contribution in [0.2, 0.25) is 0 Å². The van der Waals surface area contributed by atoms with E-state index in [0.29, 0.717) is 5.16 Å². The van der Waals surface area contributed by atoms with Crippen LogP contribution in [0.15, 0.2) is 23.6 Å². The molecule has 1 fully saturated rings. The van der Waals surface area contributed by atoms with Crippen molar-refractivity contribution >= 4 is 44.4 Å². The van der Waals surface area contributed by atoms with Crippen LogP contribution in [0.4, 0.5) is 5.82 Å². The van der Waals surface area contributed by atoms with E-state index in [1.165, 1.54) is 28.7 Å². The fraction of sp³-hybridized carbons (Fsp3) is 0.500. The van der Waals surface area contributed by atoms with Crippen LogP contribution >= 0.6 is 27.4 Å². The number of aliphatic hydroxyl groups excluding tert-OH is 1. The van der Waals surface area contributed by atoms with Crippen LogP contribution in [-0.4, -0.2) is 63.4 Å². The number of imidazole rings is 1. The number of thioether (sulfide) groups is 1. The average molecular weight is 495 g/mol. The number of aliphatic hydroxyl groups is 2. The van der Waals surface area contributed by atoms with Crippen LogP contribution in [0.5, 0.6) is 0 Å². The Labute approximate surface area is 179 Å². The smallest absolute Gasteiger partial charge is 0.387 e. The number of fused-ring (bicyclic) bond motifs is 2. The number of allylic oxidation sites excluding steroid dienone is 1. The molecule has 0 spiro atoms. The molecule has 0 aliphatic heterocycles. The molecule has 0 amide bonds. The first-order valence-corrected chi connectivity index (χ1v) is 13.0. The Morgan fingerprint density at radius 2 is 2.06 bits per heavy atom. The van der Waals surface area contributed by atoms with Gasteiger partial charge in [0.15, 0.2) is 22.3 Å². The number of phosphoric acid groups is 2. The van der Waals surface area contributed by atoms with E-state index in [4.69, 9.17) is 20.0 Å². The van der Waals surface area contributed by atoms with Gasteiger partial charge in [-0.3, -0.25) is 9.09 Å². The number of nitrogen functional groups attached to an aromatic ring is 1. The Hall–Kier alpha value is -1.38. The van der Waals surface area contributed by atoms with E-state index in [0.717, 1.165) is 0 Å². The average Bonchev–Trinajstić information content (AvgIpc) is 3.13. The van der Waals surface area contributed by atoms with Gasteiger partial charge in [0.05, 0.1) is 12.9 Å². The molecule has 1 unspecified atom stereocenters. The summed E-state index contributed by atoms with van der Waals surface area (Å²) in [4.78, 5) is 39.6. The minimum atomic E-state index is -5.30. The Morgan fingerprint density at radius 1 is 1.35 bits per heavy atom. The van der Waals surface area contributed by atoms with Crippen LogP contribution < -0.4 is 5.73 Å². The molecule has 0 radical (unpaired) electrons. The molecule has 17 heteroatoms. The number of anilines is 1. The molecular formula is C14H19N5O9P2S. The zero-order valence-electron chi connectivity index (χ0n) is 15.8. The largest absolute Gasteiger partial charge is 0.481 e. The maximum atomic E-state index is 11.8. The van der Waals surface area contributed by atoms with Gasteiger partial charge in [-0.1, -0.05) is 23.9 Å². The Morgan fingerprint density at radius 3 is 2.65 bits per heavy atom. The summed E-state index contributed by atoms with van der Waals surface area (Å²) in [6.07, 6.45) is 4.59. The van der Waals surface area contributed by atoms with Gasteiger partial charge in [0.1, 0.15) is 11.6 Å². The predicted molar refractivity (Wildman–Crippen MR) is 106 cm³/mol. The first-order valence-electron chi connectivity index (χ1n) is 8.70. The van der Waals surface area contributed by atoms with Crippen LogP contribution in [0.1, 0.15) is 6.42 Å². The van der Waals surface area contributed by atoms with Crippen molar-refractivity contribution < 1.29 is 42.9 Å². The number of rotatable bonds is 7. The van der Waals surface area contributed by atoms with E-state index < -0.39 is 45.4 Å². The molecule has 0 aromatic carbocycles. The van der Waals surface area contributed by atoms with Crippen molar-refractivity contribution in [3.63, 3.8) is 0 Å². The van der Waals surface area contributed by atoms with E-state index in [9.17, 15) is 24.2 Å². The standard InChI is InChI=1S/C14H19N5O9P2S/c1-31-12-17-9(15)8-10(18-12)19(6-16-8)14(21)4-7-2-3-13(7,11(14)20)5-27-30(25,26)28-29(22,23)24/h2-3,6-7,11,20-21H,4-5H2,1H3,(H,25,26)(H2,15,17,18)(H2,22,23,24)/t7-,11-,13+,14-/m1/s1. The van der Waals surface area contributed by atoms with E-state index in [1.807, 2.05) is 0 Å². The molecule has 2 aliphatic rings. The minimum absolute atomic E-state index is 0.0208. The summed E-state index contributed by atoms with van der Waals surface area (Å²) in [5.74, 6) is -0.390. The van der Waals surface area contributed by atoms with Crippen molar-refractivity contribution in [1.82, 2.24) is 19.5 Å². The van der Waals surface area contributed by atoms with Crippen molar-refractivity contribution in [3.05, 3.63) is 18.5 Å². The first kappa shape index (κ1) is 22.8. The molecule has 7 N–H and O–H groups in total. The van der Waals surface area contributed by atoms with Gasteiger partial charge in [0.2, 0.25) is 0 Å². The number of nitrogens with two attached hydrogens (primary N) is 1. The lowest BCUT2D eigenvalue weighted by atomic mass is 9.68. The molecular weight excluding hydrogens is 476 g/mol. The second-order valence-corrected chi connectivity index (χ2v) is 10.9. The highest BCUT2D eigenvalue weighted by molar-refractivity contribution is 7.98. The Balaban J connectivity index is 1.66. The topological polar surface area (TPSA) is 223 Å². The van der Waals surface area contributed by atoms with Gasteiger partial charge in [-0.2, -0.15) is 4.31 Å². The summed E-state index contributed by atoms with van der Waals surface area (Å²) in [5.41, 5.74) is 3.07. The van der Waals surface area contributed by atoms with Gasteiger partial charge < -0.3 is 30.6 Å². The van der Waals surface area contributed by atoms with Gasteiger partial charge >= 0.3 is 15.6 Å². The maximum absolute atomic E-state index is 11.8. The van der Waals surface area contributed by atoms with Crippen molar-refractivity contribution in [2.24, 2.45) is 11.3 Å². The van der Waals surface area contributed by atoms with Gasteiger partial charge in [-0.15, -0.1) is 0 Å². The summed E-state index contributed by atoms with van der Waals surface area (Å²) < 4.78 is 32.5. The van der Waals surface area contributed by atoms with Crippen LogP contribution in [0, 0.1) is 11.3 Å². The fourth-order valence-corrected chi connectivity index (χ4v) is 6.01. The molecule has 14 nitrogen and oxygen atoms in total. The van der Waals surface area contributed by atoms with E-state index in [2.05, 4.69) is 19.3 Å². The Bertz CT molecular complexity index is 1170. The normalized spacial score (nSPS) is 32.1. The second kappa shape index (κ2) is 7.32. The van der Waals surface area contributed by atoms with E-state index in [1.54, 1.807) is 12.3 Å². The predicted octanol–water partition coefficient (Wildman–Crippen LogP) is -0.0612. The quantitative estimate of drug-likeness (QED) is 0.128. The summed E-state index contributed by atoms with van der Waals surface area (Å²) in [6, 6.07) is 0. The lowest BCUT2D eigenvalue weighted by Gasteiger charge is -2.41. The van der Waals surface area contributed by atoms with Crippen LogP contribution in [-0.2, 0) is 23.7 Å². The minimum Gasteiger partial charge on any atom is -0.387 e. The highest BCUT2D eigenvalue weighted by Crippen LogP contribution is 2.62. The highest BCUT2D eigenvalue weighted by Gasteiger charge is 2.65. The molecule has 170 valence electrons. The Kier molecular flexibility index (Phi) is 5.38. The summed E-state index contributed by atoms with van der Waals surface area (Å²) in [7, 11) is -10.4. The molecule has 2 aromatic heterocycles. The monoisotopic (exact) mass is 495 g/mol. The SMILES string of the molecule is CSc1nc(N)c2ncn([C@@]3(O)C[C@H]4C=C[C@@]4(COP(=O)(O)OP(=O)(O)O)[C@H]3O)c2n1. The molecule has 31 heavy (non-hydrogen) atoms. The number of hydrogen-bond donors (Lipinski definition) is 6. The summed E-state index contributed by atoms with van der Waals surface area (Å²) in [6.45, 7) is -0.648. The number of nitrogens with zero attached hydrogens (tertiary/aromatic N) is 4. The van der Waals surface area contributed by atoms with Gasteiger partial charge in [-0.25, -0.2) is 24.1 Å². The molecule has 0 saturated heterocycles. The maximum Gasteiger partial charge on any atom is 0.481 e. The second-order valence-electron chi connectivity index (χ2n) is 7.26. The van der Waals surface area contributed by atoms with Crippen molar-refractivity contribution in [2.45, 2.75) is 23.4 Å². The van der Waals surface area contributed by atoms with Crippen LogP contribution in [0.3, 0.4) is 0 Å². The molecule has 2 aliphatic carbocycles. The van der Waals surface area contributed by atoms with Crippen molar-refractivity contribution in [1.29, 1.82) is 0 Å². The molecule has 1 saturated carbocycles. The van der Waals surface area contributed by atoms with Gasteiger partial charge in [0, 0.05) is 11.8 Å². The summed E-state index contributed by atoms with van der Waals surface area (Å²) >= 11 is 1.22. The third kappa shape index (κ3) is 3.74. The number of aromatic nitrogens is 4. The first-order chi connectivity index (χ1) is 14.3. The molecule has 5 atom stereocenters. The number of hydrogen-bond acceptors (Lipinski definition) is 11. The molecule has 0 bridgehead atoms. The van der Waals surface area contributed by atoms with Gasteiger partial charge in [0.25, 0.3) is 0 Å². The zero-order valence-corrected chi connectivity index (χ0v) is 18.4. The zero-order chi connectivity index (χ0) is 22.8. The lowest BCUT2D eigenvalue weighted by molar-refractivity contribution is -0.141. The fourth-order valence-electron chi connectivity index (χ4n) is 3.99. The highest BCUT2D eigenvalue weighted by atomic mass is 32.2. The number of phosphoric ester groups is 1. The molecule has 2 aromatic rings. The van der Waals surface area contributed by atoms with Crippen molar-refractivity contribution in [2.75, 3.05) is 18.6 Å². The van der Waals surface area contributed by atoms with E-state index >= 15 is 0 Å². The van der Waals surface area contributed by atoms with Crippen LogP contribution in [0.25, 0.3) is 11.2 Å². The third-order valence-electron chi connectivity index (χ3n) is 5.49. The van der Waals surface area contributed by atoms with E-state index in [-0.39, 0.29) is 23.4 Å².